The van der Waals surface area contributed by atoms with Gasteiger partial charge in [-0.05, 0) is 54.4 Å². The van der Waals surface area contributed by atoms with Crippen LogP contribution in [0.3, 0.4) is 0 Å². The minimum absolute atomic E-state index is 0.606. The van der Waals surface area contributed by atoms with Gasteiger partial charge < -0.3 is 0 Å². The summed E-state index contributed by atoms with van der Waals surface area (Å²) in [5, 5.41) is 9.76. The first-order valence-corrected chi connectivity index (χ1v) is 9.93. The Morgan fingerprint density at radius 2 is 1.90 bits per heavy atom. The molecule has 1 aliphatic rings. The highest BCUT2D eigenvalue weighted by Crippen LogP contribution is 2.27. The van der Waals surface area contributed by atoms with Crippen molar-refractivity contribution in [1.29, 1.82) is 0 Å². The molecule has 0 spiro atoms. The molecule has 0 N–H and O–H groups in total. The average Bonchev–Trinajstić information content (AvgIpc) is 3.36. The minimum atomic E-state index is 0.606. The van der Waals surface area contributed by atoms with E-state index in [2.05, 4.69) is 63.6 Å². The first kappa shape index (κ1) is 17.0. The second-order valence-corrected chi connectivity index (χ2v) is 7.59. The lowest BCUT2D eigenvalue weighted by Crippen LogP contribution is -2.03. The lowest BCUT2D eigenvalue weighted by Gasteiger charge is -2.07. The van der Waals surface area contributed by atoms with Gasteiger partial charge in [-0.2, -0.15) is 0 Å². The van der Waals surface area contributed by atoms with Gasteiger partial charge in [0.05, 0.1) is 24.3 Å². The summed E-state index contributed by atoms with van der Waals surface area (Å²) in [4.78, 5) is 13.8. The third kappa shape index (κ3) is 2.76. The van der Waals surface area contributed by atoms with Crippen molar-refractivity contribution >= 4 is 27.8 Å². The number of aromatic nitrogens is 5. The van der Waals surface area contributed by atoms with E-state index in [4.69, 9.17) is 4.98 Å². The zero-order valence-corrected chi connectivity index (χ0v) is 16.4. The van der Waals surface area contributed by atoms with Crippen molar-refractivity contribution in [2.45, 2.75) is 20.0 Å². The molecule has 30 heavy (non-hydrogen) atoms. The van der Waals surface area contributed by atoms with Gasteiger partial charge in [-0.3, -0.25) is 9.98 Å². The summed E-state index contributed by atoms with van der Waals surface area (Å²) in [6.45, 7) is 3.41. The van der Waals surface area contributed by atoms with Gasteiger partial charge in [0.2, 0.25) is 0 Å². The highest BCUT2D eigenvalue weighted by atomic mass is 15.4. The number of nitrogens with zero attached hydrogens (tertiary/aromatic N) is 6. The third-order valence-corrected chi connectivity index (χ3v) is 5.64. The molecule has 0 fully saturated rings. The summed E-state index contributed by atoms with van der Waals surface area (Å²) in [6, 6.07) is 20.7. The Bertz CT molecular complexity index is 1460. The lowest BCUT2D eigenvalue weighted by atomic mass is 10.0. The van der Waals surface area contributed by atoms with Gasteiger partial charge in [0.25, 0.3) is 0 Å². The van der Waals surface area contributed by atoms with E-state index in [-0.39, 0.29) is 0 Å². The predicted molar refractivity (Wildman–Crippen MR) is 118 cm³/mol. The smallest absolute Gasteiger partial charge is 0.179 e. The molecular weight excluding hydrogens is 372 g/mol. The molecule has 0 aliphatic carbocycles. The molecule has 3 aromatic heterocycles. The molecule has 4 heterocycles. The lowest BCUT2D eigenvalue weighted by molar-refractivity contribution is 0.665. The van der Waals surface area contributed by atoms with Gasteiger partial charge in [0.15, 0.2) is 5.65 Å². The fourth-order valence-electron chi connectivity index (χ4n) is 4.04. The topological polar surface area (TPSA) is 68.8 Å². The Labute approximate surface area is 172 Å². The van der Waals surface area contributed by atoms with Crippen LogP contribution >= 0.6 is 0 Å². The summed E-state index contributed by atoms with van der Waals surface area (Å²) in [5.41, 5.74) is 9.30. The first-order valence-electron chi connectivity index (χ1n) is 9.93. The number of rotatable bonds is 3. The second kappa shape index (κ2) is 6.56. The first-order chi connectivity index (χ1) is 14.7. The minimum Gasteiger partial charge on any atom is -0.285 e. The van der Waals surface area contributed by atoms with Crippen LogP contribution in [0.15, 0.2) is 71.9 Å². The number of pyridine rings is 2. The van der Waals surface area contributed by atoms with Crippen molar-refractivity contribution in [3.05, 3.63) is 83.6 Å². The van der Waals surface area contributed by atoms with Crippen LogP contribution in [0, 0.1) is 0 Å². The molecule has 6 nitrogen and oxygen atoms in total. The van der Waals surface area contributed by atoms with E-state index in [1.807, 2.05) is 35.1 Å². The van der Waals surface area contributed by atoms with Gasteiger partial charge in [-0.25, -0.2) is 9.67 Å². The molecule has 1 aliphatic heterocycles. The molecule has 6 rings (SSSR count). The molecule has 0 amide bonds. The standard InChI is InChI=1S/C24H18N6/c1-15-20-6-5-18(12-19(20)13-26-15)22-8-9-23-24(27-22)30(29-28-23)14-16-4-7-21-17(11-16)3-2-10-25-21/h2-12H,13-14H2,1H3. The summed E-state index contributed by atoms with van der Waals surface area (Å²) < 4.78 is 1.86. The van der Waals surface area contributed by atoms with E-state index in [1.54, 1.807) is 0 Å². The van der Waals surface area contributed by atoms with Crippen LogP contribution in [-0.4, -0.2) is 30.7 Å². The van der Waals surface area contributed by atoms with E-state index in [9.17, 15) is 0 Å². The molecule has 144 valence electrons. The van der Waals surface area contributed by atoms with Crippen LogP contribution in [0.25, 0.3) is 33.3 Å². The quantitative estimate of drug-likeness (QED) is 0.457. The summed E-state index contributed by atoms with van der Waals surface area (Å²) in [6.07, 6.45) is 1.81. The zero-order valence-electron chi connectivity index (χ0n) is 16.4. The predicted octanol–water partition coefficient (Wildman–Crippen LogP) is 4.41. The van der Waals surface area contributed by atoms with Crippen LogP contribution in [0.2, 0.25) is 0 Å². The Morgan fingerprint density at radius 1 is 0.967 bits per heavy atom. The van der Waals surface area contributed by atoms with Gasteiger partial charge in [-0.15, -0.1) is 5.10 Å². The average molecular weight is 390 g/mol. The second-order valence-electron chi connectivity index (χ2n) is 7.59. The molecule has 6 heteroatoms. The van der Waals surface area contributed by atoms with Crippen molar-refractivity contribution in [1.82, 2.24) is 25.0 Å². The zero-order chi connectivity index (χ0) is 20.1. The number of hydrogen-bond donors (Lipinski definition) is 0. The number of hydrogen-bond acceptors (Lipinski definition) is 5. The number of benzene rings is 2. The van der Waals surface area contributed by atoms with E-state index in [0.717, 1.165) is 51.1 Å². The largest absolute Gasteiger partial charge is 0.285 e. The fourth-order valence-corrected chi connectivity index (χ4v) is 4.04. The highest BCUT2D eigenvalue weighted by Gasteiger charge is 2.14. The molecule has 0 unspecified atom stereocenters. The molecule has 5 aromatic rings. The SMILES string of the molecule is CC1=NCc2cc(-c3ccc4nnn(Cc5ccc6ncccc6c5)c4n3)ccc21. The van der Waals surface area contributed by atoms with Crippen molar-refractivity contribution in [3.63, 3.8) is 0 Å². The summed E-state index contributed by atoms with van der Waals surface area (Å²) >= 11 is 0. The van der Waals surface area contributed by atoms with E-state index in [1.165, 1.54) is 11.1 Å². The van der Waals surface area contributed by atoms with E-state index < -0.39 is 0 Å². The maximum Gasteiger partial charge on any atom is 0.179 e. The van der Waals surface area contributed by atoms with Crippen LogP contribution in [0.1, 0.15) is 23.6 Å². The van der Waals surface area contributed by atoms with Crippen molar-refractivity contribution in [2.75, 3.05) is 0 Å². The Balaban J connectivity index is 1.38. The van der Waals surface area contributed by atoms with Crippen LogP contribution in [-0.2, 0) is 13.1 Å². The number of aliphatic imine (C=N–C) groups is 1. The third-order valence-electron chi connectivity index (χ3n) is 5.64. The Kier molecular flexibility index (Phi) is 3.71. The molecule has 0 saturated heterocycles. The molecule has 0 saturated carbocycles. The monoisotopic (exact) mass is 390 g/mol. The van der Waals surface area contributed by atoms with Crippen LogP contribution < -0.4 is 0 Å². The van der Waals surface area contributed by atoms with Crippen molar-refractivity contribution in [3.8, 4) is 11.3 Å². The van der Waals surface area contributed by atoms with Crippen LogP contribution in [0.4, 0.5) is 0 Å². The highest BCUT2D eigenvalue weighted by molar-refractivity contribution is 6.02. The van der Waals surface area contributed by atoms with E-state index >= 15 is 0 Å². The van der Waals surface area contributed by atoms with Gasteiger partial charge >= 0.3 is 0 Å². The fraction of sp³-hybridized carbons (Fsp3) is 0.125. The maximum atomic E-state index is 4.90. The van der Waals surface area contributed by atoms with Crippen molar-refractivity contribution in [2.24, 2.45) is 4.99 Å². The molecule has 2 aromatic carbocycles. The Hall–Kier alpha value is -3.93. The van der Waals surface area contributed by atoms with Gasteiger partial charge in [0.1, 0.15) is 5.52 Å². The van der Waals surface area contributed by atoms with Crippen molar-refractivity contribution < 1.29 is 0 Å². The van der Waals surface area contributed by atoms with Gasteiger partial charge in [0, 0.05) is 28.4 Å². The number of fused-ring (bicyclic) bond motifs is 3. The Morgan fingerprint density at radius 3 is 2.87 bits per heavy atom. The van der Waals surface area contributed by atoms with Gasteiger partial charge in [-0.1, -0.05) is 29.5 Å². The molecule has 0 bridgehead atoms. The van der Waals surface area contributed by atoms with Crippen LogP contribution in [0.5, 0.6) is 0 Å². The molecule has 0 atom stereocenters. The summed E-state index contributed by atoms with van der Waals surface area (Å²) in [5.74, 6) is 0. The normalized spacial score (nSPS) is 13.0. The van der Waals surface area contributed by atoms with E-state index in [0.29, 0.717) is 6.54 Å². The maximum absolute atomic E-state index is 4.90. The molecule has 0 radical (unpaired) electrons. The summed E-state index contributed by atoms with van der Waals surface area (Å²) in [7, 11) is 0. The molecular formula is C24H18N6.